The van der Waals surface area contributed by atoms with Crippen molar-refractivity contribution < 1.29 is 14.3 Å². The zero-order chi connectivity index (χ0) is 19.3. The summed E-state index contributed by atoms with van der Waals surface area (Å²) < 4.78 is 12.7. The molecule has 2 heterocycles. The van der Waals surface area contributed by atoms with E-state index in [1.165, 1.54) is 18.5 Å². The number of carbonyl (C=O) groups excluding carboxylic acids is 1. The van der Waals surface area contributed by atoms with E-state index in [0.717, 1.165) is 17.1 Å². The van der Waals surface area contributed by atoms with Crippen LogP contribution in [0.15, 0.2) is 48.5 Å². The average molecular weight is 375 g/mol. The van der Waals surface area contributed by atoms with Crippen molar-refractivity contribution in [2.45, 2.75) is 25.7 Å². The van der Waals surface area contributed by atoms with E-state index in [-0.39, 0.29) is 12.7 Å². The van der Waals surface area contributed by atoms with Crippen LogP contribution in [-0.4, -0.2) is 29.5 Å². The van der Waals surface area contributed by atoms with E-state index in [1.807, 2.05) is 54.1 Å². The third-order valence-electron chi connectivity index (χ3n) is 5.24. The molecule has 0 unspecified atom stereocenters. The number of aryl methyl sites for hydroxylation is 1. The van der Waals surface area contributed by atoms with Crippen molar-refractivity contribution in [1.29, 1.82) is 0 Å². The first-order valence-electron chi connectivity index (χ1n) is 9.45. The fourth-order valence-corrected chi connectivity index (χ4v) is 3.57. The van der Waals surface area contributed by atoms with Crippen LogP contribution in [-0.2, 0) is 0 Å². The van der Waals surface area contributed by atoms with Gasteiger partial charge >= 0.3 is 0 Å². The number of rotatable bonds is 4. The fourth-order valence-electron chi connectivity index (χ4n) is 3.57. The van der Waals surface area contributed by atoms with Crippen molar-refractivity contribution in [1.82, 2.24) is 9.78 Å². The number of ether oxygens (including phenoxy) is 2. The second-order valence-corrected chi connectivity index (χ2v) is 7.35. The maximum atomic E-state index is 13.1. The minimum atomic E-state index is -0.0856. The Kier molecular flexibility index (Phi) is 3.86. The van der Waals surface area contributed by atoms with Gasteiger partial charge in [0.05, 0.1) is 11.4 Å². The van der Waals surface area contributed by atoms with Crippen LogP contribution in [0.3, 0.4) is 0 Å². The summed E-state index contributed by atoms with van der Waals surface area (Å²) in [6.45, 7) is 2.22. The largest absolute Gasteiger partial charge is 0.454 e. The number of carbonyl (C=O) groups is 1. The highest BCUT2D eigenvalue weighted by atomic mass is 16.7. The van der Waals surface area contributed by atoms with Gasteiger partial charge in [0.15, 0.2) is 11.5 Å². The van der Waals surface area contributed by atoms with Gasteiger partial charge in [-0.2, -0.15) is 5.10 Å². The lowest BCUT2D eigenvalue weighted by Crippen LogP contribution is -2.26. The number of amides is 1. The van der Waals surface area contributed by atoms with Gasteiger partial charge in [0.2, 0.25) is 6.79 Å². The topological polar surface area (TPSA) is 56.6 Å². The number of aromatic nitrogens is 2. The summed E-state index contributed by atoms with van der Waals surface area (Å²) in [6.07, 6.45) is 2.41. The third kappa shape index (κ3) is 2.91. The molecule has 3 aromatic rings. The predicted octanol–water partition coefficient (Wildman–Crippen LogP) is 4.06. The highest BCUT2D eigenvalue weighted by Crippen LogP contribution is 2.41. The number of anilines is 1. The second kappa shape index (κ2) is 6.41. The van der Waals surface area contributed by atoms with Crippen LogP contribution in [0.1, 0.15) is 40.5 Å². The fraction of sp³-hybridized carbons (Fsp3) is 0.273. The Morgan fingerprint density at radius 3 is 2.75 bits per heavy atom. The lowest BCUT2D eigenvalue weighted by atomic mass is 10.1. The molecule has 1 aromatic heterocycles. The molecule has 5 rings (SSSR count). The quantitative estimate of drug-likeness (QED) is 0.690. The van der Waals surface area contributed by atoms with Crippen molar-refractivity contribution >= 4 is 11.6 Å². The number of hydrogen-bond acceptors (Lipinski definition) is 4. The lowest BCUT2D eigenvalue weighted by Gasteiger charge is -2.18. The van der Waals surface area contributed by atoms with Gasteiger partial charge in [-0.1, -0.05) is 6.07 Å². The average Bonchev–Trinajstić information content (AvgIpc) is 3.32. The Hall–Kier alpha value is -3.28. The number of fused-ring (bicyclic) bond motifs is 1. The van der Waals surface area contributed by atoms with Gasteiger partial charge in [-0.15, -0.1) is 0 Å². The van der Waals surface area contributed by atoms with E-state index in [0.29, 0.717) is 23.0 Å². The zero-order valence-electron chi connectivity index (χ0n) is 15.9. The van der Waals surface area contributed by atoms with E-state index < -0.39 is 0 Å². The van der Waals surface area contributed by atoms with Crippen LogP contribution in [0.2, 0.25) is 0 Å². The SMILES string of the molecule is Cc1cc(C2CC2)n(-c2cccc(C(=O)N(C)c3ccc4c(c3)OCO4)c2)n1. The number of benzene rings is 2. The Bertz CT molecular complexity index is 1070. The maximum Gasteiger partial charge on any atom is 0.258 e. The standard InChI is InChI=1S/C22H21N3O3/c1-14-10-19(15-6-7-15)25(23-14)18-5-3-4-16(11-18)22(26)24(2)17-8-9-20-21(12-17)28-13-27-20/h3-5,8-12,15H,6-7,13H2,1-2H3. The first-order valence-corrected chi connectivity index (χ1v) is 9.45. The Balaban J connectivity index is 1.45. The summed E-state index contributed by atoms with van der Waals surface area (Å²) in [5.74, 6) is 1.86. The van der Waals surface area contributed by atoms with Gasteiger partial charge in [-0.25, -0.2) is 4.68 Å². The van der Waals surface area contributed by atoms with E-state index >= 15 is 0 Å². The molecule has 0 radical (unpaired) electrons. The van der Waals surface area contributed by atoms with Crippen molar-refractivity contribution in [2.24, 2.45) is 0 Å². The summed E-state index contributed by atoms with van der Waals surface area (Å²) in [5.41, 5.74) is 4.52. The molecular weight excluding hydrogens is 354 g/mol. The molecule has 2 aromatic carbocycles. The van der Waals surface area contributed by atoms with Crippen LogP contribution in [0.25, 0.3) is 5.69 Å². The molecule has 28 heavy (non-hydrogen) atoms. The van der Waals surface area contributed by atoms with Crippen LogP contribution in [0.5, 0.6) is 11.5 Å². The predicted molar refractivity (Wildman–Crippen MR) is 106 cm³/mol. The number of nitrogens with zero attached hydrogens (tertiary/aromatic N) is 3. The molecule has 0 saturated heterocycles. The second-order valence-electron chi connectivity index (χ2n) is 7.35. The molecule has 6 nitrogen and oxygen atoms in total. The molecular formula is C22H21N3O3. The van der Waals surface area contributed by atoms with Gasteiger partial charge in [0.1, 0.15) is 0 Å². The van der Waals surface area contributed by atoms with Crippen LogP contribution in [0, 0.1) is 6.92 Å². The van der Waals surface area contributed by atoms with Gasteiger partial charge in [-0.3, -0.25) is 4.79 Å². The summed E-state index contributed by atoms with van der Waals surface area (Å²) >= 11 is 0. The molecule has 1 fully saturated rings. The molecule has 2 aliphatic rings. The molecule has 1 amide bonds. The molecule has 142 valence electrons. The number of hydrogen-bond donors (Lipinski definition) is 0. The molecule has 0 spiro atoms. The van der Waals surface area contributed by atoms with Crippen LogP contribution >= 0.6 is 0 Å². The minimum Gasteiger partial charge on any atom is -0.454 e. The summed E-state index contributed by atoms with van der Waals surface area (Å²) in [6, 6.07) is 15.3. The van der Waals surface area contributed by atoms with Crippen molar-refractivity contribution in [2.75, 3.05) is 18.7 Å². The van der Waals surface area contributed by atoms with Gasteiger partial charge in [-0.05, 0) is 56.2 Å². The van der Waals surface area contributed by atoms with Gasteiger partial charge < -0.3 is 14.4 Å². The monoisotopic (exact) mass is 375 g/mol. The Labute approximate surface area is 163 Å². The van der Waals surface area contributed by atoms with Crippen LogP contribution < -0.4 is 14.4 Å². The summed E-state index contributed by atoms with van der Waals surface area (Å²) in [4.78, 5) is 14.7. The molecule has 0 N–H and O–H groups in total. The van der Waals surface area contributed by atoms with E-state index in [1.54, 1.807) is 11.9 Å². The van der Waals surface area contributed by atoms with Crippen LogP contribution in [0.4, 0.5) is 5.69 Å². The maximum absolute atomic E-state index is 13.1. The van der Waals surface area contributed by atoms with Gasteiger partial charge in [0, 0.05) is 36.0 Å². The Morgan fingerprint density at radius 2 is 1.93 bits per heavy atom. The van der Waals surface area contributed by atoms with Crippen molar-refractivity contribution in [3.63, 3.8) is 0 Å². The highest BCUT2D eigenvalue weighted by Gasteiger charge is 2.28. The molecule has 1 aliphatic heterocycles. The summed E-state index contributed by atoms with van der Waals surface area (Å²) in [5, 5.41) is 4.65. The zero-order valence-corrected chi connectivity index (χ0v) is 15.9. The lowest BCUT2D eigenvalue weighted by molar-refractivity contribution is 0.0993. The van der Waals surface area contributed by atoms with Crippen molar-refractivity contribution in [3.05, 3.63) is 65.5 Å². The molecule has 0 bridgehead atoms. The van der Waals surface area contributed by atoms with E-state index in [9.17, 15) is 4.79 Å². The smallest absolute Gasteiger partial charge is 0.258 e. The molecule has 6 heteroatoms. The molecule has 0 atom stereocenters. The van der Waals surface area contributed by atoms with E-state index in [4.69, 9.17) is 9.47 Å². The summed E-state index contributed by atoms with van der Waals surface area (Å²) in [7, 11) is 1.76. The highest BCUT2D eigenvalue weighted by molar-refractivity contribution is 6.06. The molecule has 1 saturated carbocycles. The first kappa shape index (κ1) is 16.9. The van der Waals surface area contributed by atoms with Gasteiger partial charge in [0.25, 0.3) is 5.91 Å². The third-order valence-corrected chi connectivity index (χ3v) is 5.24. The minimum absolute atomic E-state index is 0.0856. The van der Waals surface area contributed by atoms with E-state index in [2.05, 4.69) is 11.2 Å². The normalized spacial score (nSPS) is 14.9. The Morgan fingerprint density at radius 1 is 1.11 bits per heavy atom. The van der Waals surface area contributed by atoms with Crippen molar-refractivity contribution in [3.8, 4) is 17.2 Å². The molecule has 1 aliphatic carbocycles. The first-order chi connectivity index (χ1) is 13.6.